The smallest absolute Gasteiger partial charge is 0.292 e. The molecule has 178 valence electrons. The fraction of sp³-hybridized carbons (Fsp3) is 0.240. The fourth-order valence-electron chi connectivity index (χ4n) is 3.54. The zero-order valence-corrected chi connectivity index (χ0v) is 19.4. The van der Waals surface area contributed by atoms with Crippen molar-refractivity contribution in [3.05, 3.63) is 106 Å². The zero-order chi connectivity index (χ0) is 24.4. The molecular weight excluding hydrogens is 454 g/mol. The fourth-order valence-corrected chi connectivity index (χ4v) is 5.10. The molecule has 9 heteroatoms. The molecule has 0 aliphatic carbocycles. The van der Waals surface area contributed by atoms with E-state index in [2.05, 4.69) is 10.6 Å². The van der Waals surface area contributed by atoms with Gasteiger partial charge >= 0.3 is 0 Å². The number of carbonyl (C=O) groups is 1. The van der Waals surface area contributed by atoms with E-state index in [-0.39, 0.29) is 17.1 Å². The SMILES string of the molecule is O=C(NCCCc1ccccc1)[C@H](CS(=O)(=O)Cc1ccccc1)Nc1ccccc1[N+](=O)[O-]. The summed E-state index contributed by atoms with van der Waals surface area (Å²) in [4.78, 5) is 23.8. The maximum atomic E-state index is 13.0. The number of benzene rings is 3. The molecule has 1 amide bonds. The summed E-state index contributed by atoms with van der Waals surface area (Å²) in [7, 11) is -3.70. The number of hydrogen-bond acceptors (Lipinski definition) is 6. The van der Waals surface area contributed by atoms with E-state index < -0.39 is 32.5 Å². The molecule has 34 heavy (non-hydrogen) atoms. The monoisotopic (exact) mass is 481 g/mol. The van der Waals surface area contributed by atoms with Crippen molar-refractivity contribution in [1.29, 1.82) is 0 Å². The Balaban J connectivity index is 1.71. The van der Waals surface area contributed by atoms with Crippen LogP contribution in [-0.2, 0) is 26.8 Å². The Labute approximate surface area is 199 Å². The number of hydrogen-bond donors (Lipinski definition) is 2. The van der Waals surface area contributed by atoms with Gasteiger partial charge in [0, 0.05) is 12.6 Å². The van der Waals surface area contributed by atoms with Gasteiger partial charge in [0.1, 0.15) is 11.7 Å². The number of para-hydroxylation sites is 2. The average Bonchev–Trinajstić information content (AvgIpc) is 2.82. The first-order valence-corrected chi connectivity index (χ1v) is 12.7. The van der Waals surface area contributed by atoms with Crippen LogP contribution in [0.3, 0.4) is 0 Å². The maximum absolute atomic E-state index is 13.0. The highest BCUT2D eigenvalue weighted by Crippen LogP contribution is 2.24. The summed E-state index contributed by atoms with van der Waals surface area (Å²) >= 11 is 0. The summed E-state index contributed by atoms with van der Waals surface area (Å²) in [5.41, 5.74) is 1.60. The predicted octanol–water partition coefficient (Wildman–Crippen LogP) is 3.74. The largest absolute Gasteiger partial charge is 0.367 e. The number of nitro groups is 1. The molecule has 0 fully saturated rings. The number of nitro benzene ring substituents is 1. The van der Waals surface area contributed by atoms with Crippen LogP contribution in [0.5, 0.6) is 0 Å². The Morgan fingerprint density at radius 1 is 0.882 bits per heavy atom. The standard InChI is InChI=1S/C25H27N3O5S/c29-25(26-17-9-14-20-10-3-1-4-11-20)23(27-22-15-7-8-16-24(22)28(30)31)19-34(32,33)18-21-12-5-2-6-13-21/h1-8,10-13,15-16,23,27H,9,14,17-19H2,(H,26,29)/t23-/m0/s1. The molecule has 0 aliphatic heterocycles. The predicted molar refractivity (Wildman–Crippen MR) is 132 cm³/mol. The minimum Gasteiger partial charge on any atom is -0.367 e. The molecule has 3 aromatic rings. The number of amides is 1. The number of carbonyl (C=O) groups excluding carboxylic acids is 1. The molecular formula is C25H27N3O5S. The van der Waals surface area contributed by atoms with Crippen LogP contribution in [0.2, 0.25) is 0 Å². The average molecular weight is 482 g/mol. The molecule has 2 N–H and O–H groups in total. The highest BCUT2D eigenvalue weighted by molar-refractivity contribution is 7.90. The van der Waals surface area contributed by atoms with E-state index in [4.69, 9.17) is 0 Å². The van der Waals surface area contributed by atoms with Crippen LogP contribution >= 0.6 is 0 Å². The first-order valence-electron chi connectivity index (χ1n) is 10.9. The van der Waals surface area contributed by atoms with Crippen molar-refractivity contribution in [2.75, 3.05) is 17.6 Å². The molecule has 0 saturated carbocycles. The van der Waals surface area contributed by atoms with Gasteiger partial charge in [-0.15, -0.1) is 0 Å². The first kappa shape index (κ1) is 24.9. The van der Waals surface area contributed by atoms with Crippen LogP contribution < -0.4 is 10.6 Å². The Hall–Kier alpha value is -3.72. The van der Waals surface area contributed by atoms with Crippen molar-refractivity contribution in [3.8, 4) is 0 Å². The Morgan fingerprint density at radius 3 is 2.12 bits per heavy atom. The van der Waals surface area contributed by atoms with Crippen LogP contribution in [-0.4, -0.2) is 37.6 Å². The van der Waals surface area contributed by atoms with Gasteiger partial charge in [-0.05, 0) is 30.0 Å². The van der Waals surface area contributed by atoms with E-state index in [0.717, 1.165) is 12.0 Å². The normalized spacial score (nSPS) is 12.0. The maximum Gasteiger partial charge on any atom is 0.292 e. The molecule has 0 bridgehead atoms. The number of anilines is 1. The van der Waals surface area contributed by atoms with Gasteiger partial charge in [-0.3, -0.25) is 14.9 Å². The van der Waals surface area contributed by atoms with Crippen molar-refractivity contribution < 1.29 is 18.1 Å². The van der Waals surface area contributed by atoms with E-state index >= 15 is 0 Å². The van der Waals surface area contributed by atoms with E-state index in [0.29, 0.717) is 18.5 Å². The molecule has 0 saturated heterocycles. The van der Waals surface area contributed by atoms with Crippen molar-refractivity contribution in [2.24, 2.45) is 0 Å². The second-order valence-electron chi connectivity index (χ2n) is 7.89. The van der Waals surface area contributed by atoms with Crippen molar-refractivity contribution >= 4 is 27.1 Å². The second kappa shape index (κ2) is 11.9. The minimum absolute atomic E-state index is 0.0897. The van der Waals surface area contributed by atoms with Gasteiger partial charge in [0.2, 0.25) is 5.91 Å². The highest BCUT2D eigenvalue weighted by atomic mass is 32.2. The summed E-state index contributed by atoms with van der Waals surface area (Å²) in [5.74, 6) is -1.26. The van der Waals surface area contributed by atoms with Gasteiger partial charge in [-0.1, -0.05) is 72.8 Å². The number of nitrogens with zero attached hydrogens (tertiary/aromatic N) is 1. The van der Waals surface area contributed by atoms with Crippen LogP contribution in [0.4, 0.5) is 11.4 Å². The van der Waals surface area contributed by atoms with Gasteiger partial charge < -0.3 is 10.6 Å². The quantitative estimate of drug-likeness (QED) is 0.231. The topological polar surface area (TPSA) is 118 Å². The summed E-state index contributed by atoms with van der Waals surface area (Å²) in [5, 5.41) is 17.0. The summed E-state index contributed by atoms with van der Waals surface area (Å²) in [6, 6.07) is 23.1. The molecule has 0 heterocycles. The van der Waals surface area contributed by atoms with Gasteiger partial charge in [0.15, 0.2) is 9.84 Å². The van der Waals surface area contributed by atoms with Crippen LogP contribution in [0, 0.1) is 10.1 Å². The summed E-state index contributed by atoms with van der Waals surface area (Å²) in [6.07, 6.45) is 1.43. The van der Waals surface area contributed by atoms with E-state index in [9.17, 15) is 23.3 Å². The summed E-state index contributed by atoms with van der Waals surface area (Å²) < 4.78 is 25.8. The lowest BCUT2D eigenvalue weighted by Crippen LogP contribution is -2.44. The zero-order valence-electron chi connectivity index (χ0n) is 18.6. The Kier molecular flexibility index (Phi) is 8.75. The van der Waals surface area contributed by atoms with E-state index in [1.165, 1.54) is 18.2 Å². The van der Waals surface area contributed by atoms with Crippen LogP contribution in [0.15, 0.2) is 84.9 Å². The van der Waals surface area contributed by atoms with Gasteiger partial charge in [0.05, 0.1) is 16.4 Å². The number of aryl methyl sites for hydroxylation is 1. The third-order valence-electron chi connectivity index (χ3n) is 5.18. The molecule has 0 aliphatic rings. The number of nitrogens with one attached hydrogen (secondary N) is 2. The molecule has 1 atom stereocenters. The lowest BCUT2D eigenvalue weighted by Gasteiger charge is -2.20. The molecule has 3 aromatic carbocycles. The van der Waals surface area contributed by atoms with Gasteiger partial charge in [-0.25, -0.2) is 8.42 Å². The first-order chi connectivity index (χ1) is 16.3. The van der Waals surface area contributed by atoms with Crippen LogP contribution in [0.25, 0.3) is 0 Å². The molecule has 0 aromatic heterocycles. The lowest BCUT2D eigenvalue weighted by molar-refractivity contribution is -0.384. The molecule has 3 rings (SSSR count). The van der Waals surface area contributed by atoms with Crippen LogP contribution in [0.1, 0.15) is 17.5 Å². The Bertz CT molecular complexity index is 1200. The van der Waals surface area contributed by atoms with E-state index in [1.807, 2.05) is 30.3 Å². The second-order valence-corrected chi connectivity index (χ2v) is 10.0. The summed E-state index contributed by atoms with van der Waals surface area (Å²) in [6.45, 7) is 0.349. The number of sulfone groups is 1. The highest BCUT2D eigenvalue weighted by Gasteiger charge is 2.28. The van der Waals surface area contributed by atoms with Gasteiger partial charge in [0.25, 0.3) is 5.69 Å². The molecule has 0 spiro atoms. The van der Waals surface area contributed by atoms with Gasteiger partial charge in [-0.2, -0.15) is 0 Å². The van der Waals surface area contributed by atoms with Crippen molar-refractivity contribution in [2.45, 2.75) is 24.6 Å². The molecule has 0 radical (unpaired) electrons. The van der Waals surface area contributed by atoms with Crippen molar-refractivity contribution in [3.63, 3.8) is 0 Å². The lowest BCUT2D eigenvalue weighted by atomic mass is 10.1. The molecule has 8 nitrogen and oxygen atoms in total. The number of rotatable bonds is 12. The third-order valence-corrected chi connectivity index (χ3v) is 6.80. The Morgan fingerprint density at radius 2 is 1.47 bits per heavy atom. The third kappa shape index (κ3) is 7.70. The van der Waals surface area contributed by atoms with E-state index in [1.54, 1.807) is 36.4 Å². The molecule has 0 unspecified atom stereocenters. The minimum atomic E-state index is -3.70. The van der Waals surface area contributed by atoms with Crippen molar-refractivity contribution in [1.82, 2.24) is 5.32 Å².